The molecule has 2 rings (SSSR count). The maximum atomic E-state index is 6.03. The number of aryl methyl sites for hydroxylation is 2. The second-order valence-electron chi connectivity index (χ2n) is 4.34. The van der Waals surface area contributed by atoms with Gasteiger partial charge in [0.25, 0.3) is 0 Å². The summed E-state index contributed by atoms with van der Waals surface area (Å²) in [7, 11) is 0. The standard InChI is InChI=1S/C14H18ClN3O/c1-4-19-14-6-5-11(15)7-13(14)16-8-12-9(2)17-18-10(12)3/h5-7,16H,4,8H2,1-3H3,(H,17,18). The maximum absolute atomic E-state index is 6.03. The fourth-order valence-electron chi connectivity index (χ4n) is 1.94. The van der Waals surface area contributed by atoms with Gasteiger partial charge >= 0.3 is 0 Å². The molecule has 4 nitrogen and oxygen atoms in total. The molecule has 0 atom stereocenters. The Bertz CT molecular complexity index is 546. The first-order valence-electron chi connectivity index (χ1n) is 6.28. The molecule has 0 spiro atoms. The molecule has 0 bridgehead atoms. The van der Waals surface area contributed by atoms with Crippen molar-refractivity contribution in [3.63, 3.8) is 0 Å². The number of hydrogen-bond donors (Lipinski definition) is 2. The molecule has 1 heterocycles. The number of ether oxygens (including phenoxy) is 1. The highest BCUT2D eigenvalue weighted by Gasteiger charge is 2.08. The van der Waals surface area contributed by atoms with Gasteiger partial charge in [0.2, 0.25) is 0 Å². The Morgan fingerprint density at radius 1 is 1.37 bits per heavy atom. The molecule has 2 N–H and O–H groups in total. The van der Waals surface area contributed by atoms with Crippen LogP contribution >= 0.6 is 11.6 Å². The molecular formula is C14H18ClN3O. The van der Waals surface area contributed by atoms with Gasteiger partial charge < -0.3 is 10.1 Å². The fourth-order valence-corrected chi connectivity index (χ4v) is 2.11. The average molecular weight is 280 g/mol. The van der Waals surface area contributed by atoms with Crippen LogP contribution in [0.25, 0.3) is 0 Å². The molecule has 0 aliphatic rings. The van der Waals surface area contributed by atoms with Crippen molar-refractivity contribution in [2.75, 3.05) is 11.9 Å². The van der Waals surface area contributed by atoms with Crippen LogP contribution in [0.1, 0.15) is 23.9 Å². The third-order valence-corrected chi connectivity index (χ3v) is 3.21. The zero-order valence-corrected chi connectivity index (χ0v) is 12.1. The lowest BCUT2D eigenvalue weighted by Gasteiger charge is -2.13. The summed E-state index contributed by atoms with van der Waals surface area (Å²) in [5.74, 6) is 0.811. The van der Waals surface area contributed by atoms with E-state index in [9.17, 15) is 0 Å². The van der Waals surface area contributed by atoms with Crippen LogP contribution in [0.4, 0.5) is 5.69 Å². The van der Waals surface area contributed by atoms with Crippen molar-refractivity contribution in [1.82, 2.24) is 10.2 Å². The molecule has 0 aliphatic carbocycles. The molecule has 2 aromatic rings. The van der Waals surface area contributed by atoms with Crippen molar-refractivity contribution in [2.45, 2.75) is 27.3 Å². The highest BCUT2D eigenvalue weighted by molar-refractivity contribution is 6.30. The van der Waals surface area contributed by atoms with Gasteiger partial charge in [-0.15, -0.1) is 0 Å². The lowest BCUT2D eigenvalue weighted by molar-refractivity contribution is 0.341. The van der Waals surface area contributed by atoms with Gasteiger partial charge in [-0.2, -0.15) is 5.10 Å². The molecule has 0 fully saturated rings. The lowest BCUT2D eigenvalue weighted by atomic mass is 10.2. The molecule has 0 saturated heterocycles. The maximum Gasteiger partial charge on any atom is 0.142 e. The quantitative estimate of drug-likeness (QED) is 0.877. The highest BCUT2D eigenvalue weighted by Crippen LogP contribution is 2.28. The number of nitrogens with zero attached hydrogens (tertiary/aromatic N) is 1. The third-order valence-electron chi connectivity index (χ3n) is 2.98. The van der Waals surface area contributed by atoms with E-state index < -0.39 is 0 Å². The van der Waals surface area contributed by atoms with Crippen molar-refractivity contribution in [3.8, 4) is 5.75 Å². The van der Waals surface area contributed by atoms with Crippen LogP contribution in [0.5, 0.6) is 5.75 Å². The third kappa shape index (κ3) is 3.20. The van der Waals surface area contributed by atoms with Crippen LogP contribution in [-0.4, -0.2) is 16.8 Å². The number of nitrogens with one attached hydrogen (secondary N) is 2. The van der Waals surface area contributed by atoms with Crippen LogP contribution in [0.2, 0.25) is 5.02 Å². The number of halogens is 1. The Hall–Kier alpha value is -1.68. The lowest BCUT2D eigenvalue weighted by Crippen LogP contribution is -2.04. The average Bonchev–Trinajstić information content (AvgIpc) is 2.70. The molecule has 1 aromatic heterocycles. The van der Waals surface area contributed by atoms with Gasteiger partial charge in [-0.1, -0.05) is 11.6 Å². The van der Waals surface area contributed by atoms with E-state index in [1.807, 2.05) is 39.0 Å². The minimum Gasteiger partial charge on any atom is -0.492 e. The second-order valence-corrected chi connectivity index (χ2v) is 4.78. The summed E-state index contributed by atoms with van der Waals surface area (Å²) >= 11 is 6.03. The normalized spacial score (nSPS) is 10.5. The van der Waals surface area contributed by atoms with Crippen LogP contribution in [0.15, 0.2) is 18.2 Å². The minimum atomic E-state index is 0.625. The number of H-pyrrole nitrogens is 1. The van der Waals surface area contributed by atoms with Gasteiger partial charge in [0, 0.05) is 22.8 Å². The molecule has 102 valence electrons. The van der Waals surface area contributed by atoms with Crippen molar-refractivity contribution in [1.29, 1.82) is 0 Å². The minimum absolute atomic E-state index is 0.625. The Morgan fingerprint density at radius 2 is 2.16 bits per heavy atom. The van der Waals surface area contributed by atoms with Gasteiger partial charge in [0.05, 0.1) is 18.0 Å². The van der Waals surface area contributed by atoms with E-state index in [1.165, 1.54) is 5.56 Å². The van der Waals surface area contributed by atoms with E-state index in [2.05, 4.69) is 15.5 Å². The Balaban J connectivity index is 2.16. The zero-order chi connectivity index (χ0) is 13.8. The van der Waals surface area contributed by atoms with E-state index in [4.69, 9.17) is 16.3 Å². The number of benzene rings is 1. The molecule has 1 aromatic carbocycles. The highest BCUT2D eigenvalue weighted by atomic mass is 35.5. The van der Waals surface area contributed by atoms with Gasteiger partial charge in [-0.25, -0.2) is 0 Å². The second kappa shape index (κ2) is 5.97. The van der Waals surface area contributed by atoms with E-state index in [1.54, 1.807) is 0 Å². The Morgan fingerprint density at radius 3 is 2.79 bits per heavy atom. The smallest absolute Gasteiger partial charge is 0.142 e. The summed E-state index contributed by atoms with van der Waals surface area (Å²) in [5.41, 5.74) is 4.15. The predicted molar refractivity (Wildman–Crippen MR) is 78.0 cm³/mol. The molecule has 0 saturated carbocycles. The zero-order valence-electron chi connectivity index (χ0n) is 11.4. The first kappa shape index (κ1) is 13.7. The molecular weight excluding hydrogens is 262 g/mol. The SMILES string of the molecule is CCOc1ccc(Cl)cc1NCc1c(C)n[nH]c1C. The molecule has 0 amide bonds. The van der Waals surface area contributed by atoms with E-state index in [-0.39, 0.29) is 0 Å². The summed E-state index contributed by atoms with van der Waals surface area (Å²) in [5, 5.41) is 11.2. The first-order chi connectivity index (χ1) is 9.11. The van der Waals surface area contributed by atoms with Gasteiger partial charge in [0.1, 0.15) is 5.75 Å². The summed E-state index contributed by atoms with van der Waals surface area (Å²) in [6.07, 6.45) is 0. The summed E-state index contributed by atoms with van der Waals surface area (Å²) in [6.45, 7) is 7.28. The summed E-state index contributed by atoms with van der Waals surface area (Å²) < 4.78 is 5.58. The number of aromatic nitrogens is 2. The van der Waals surface area contributed by atoms with Crippen LogP contribution < -0.4 is 10.1 Å². The van der Waals surface area contributed by atoms with Gasteiger partial charge in [-0.05, 0) is 39.0 Å². The van der Waals surface area contributed by atoms with Crippen LogP contribution in [0, 0.1) is 13.8 Å². The van der Waals surface area contributed by atoms with E-state index >= 15 is 0 Å². The largest absolute Gasteiger partial charge is 0.492 e. The first-order valence-corrected chi connectivity index (χ1v) is 6.66. The molecule has 5 heteroatoms. The van der Waals surface area contributed by atoms with Crippen molar-refractivity contribution >= 4 is 17.3 Å². The number of hydrogen-bond acceptors (Lipinski definition) is 3. The predicted octanol–water partition coefficient (Wildman–Crippen LogP) is 3.69. The van der Waals surface area contributed by atoms with Gasteiger partial charge in [-0.3, -0.25) is 5.10 Å². The number of rotatable bonds is 5. The monoisotopic (exact) mass is 279 g/mol. The molecule has 0 aliphatic heterocycles. The Labute approximate surface area is 118 Å². The fraction of sp³-hybridized carbons (Fsp3) is 0.357. The van der Waals surface area contributed by atoms with E-state index in [0.717, 1.165) is 22.8 Å². The van der Waals surface area contributed by atoms with Crippen molar-refractivity contribution < 1.29 is 4.74 Å². The van der Waals surface area contributed by atoms with E-state index in [0.29, 0.717) is 18.2 Å². The number of aromatic amines is 1. The Kier molecular flexibility index (Phi) is 4.32. The number of anilines is 1. The topological polar surface area (TPSA) is 49.9 Å². The molecule has 19 heavy (non-hydrogen) atoms. The van der Waals surface area contributed by atoms with Crippen molar-refractivity contribution in [2.24, 2.45) is 0 Å². The summed E-state index contributed by atoms with van der Waals surface area (Å²) in [4.78, 5) is 0. The van der Waals surface area contributed by atoms with Crippen LogP contribution in [-0.2, 0) is 6.54 Å². The molecule has 0 unspecified atom stereocenters. The summed E-state index contributed by atoms with van der Waals surface area (Å²) in [6, 6.07) is 5.58. The van der Waals surface area contributed by atoms with Gasteiger partial charge in [0.15, 0.2) is 0 Å². The van der Waals surface area contributed by atoms with Crippen molar-refractivity contribution in [3.05, 3.63) is 40.2 Å². The van der Waals surface area contributed by atoms with Crippen LogP contribution in [0.3, 0.4) is 0 Å². The molecule has 0 radical (unpaired) electrons.